The Balaban J connectivity index is 2.52. The maximum atomic E-state index is 13.3. The Hall–Kier alpha value is -2.04. The largest absolute Gasteiger partial charge is 0.494 e. The van der Waals surface area contributed by atoms with Crippen LogP contribution in [-0.4, -0.2) is 12.3 Å². The lowest BCUT2D eigenvalue weighted by molar-refractivity contribution is 0.386. The SMILES string of the molecule is CCc1c(N)noc1-c1ccc(F)c(OC)c1. The van der Waals surface area contributed by atoms with Crippen LogP contribution >= 0.6 is 0 Å². The average molecular weight is 236 g/mol. The quantitative estimate of drug-likeness (QED) is 0.889. The predicted molar refractivity (Wildman–Crippen MR) is 62.2 cm³/mol. The fraction of sp³-hybridized carbons (Fsp3) is 0.250. The lowest BCUT2D eigenvalue weighted by atomic mass is 10.1. The van der Waals surface area contributed by atoms with Crippen LogP contribution in [0.1, 0.15) is 12.5 Å². The lowest BCUT2D eigenvalue weighted by Gasteiger charge is -2.04. The number of hydrogen-bond donors (Lipinski definition) is 1. The second-order valence-corrected chi connectivity index (χ2v) is 3.58. The van der Waals surface area contributed by atoms with Crippen molar-refractivity contribution in [3.05, 3.63) is 29.6 Å². The molecule has 2 aromatic rings. The summed E-state index contributed by atoms with van der Waals surface area (Å²) in [6, 6.07) is 4.50. The van der Waals surface area contributed by atoms with Gasteiger partial charge in [-0.3, -0.25) is 0 Å². The molecule has 0 atom stereocenters. The number of benzene rings is 1. The highest BCUT2D eigenvalue weighted by Gasteiger charge is 2.15. The summed E-state index contributed by atoms with van der Waals surface area (Å²) in [7, 11) is 1.41. The van der Waals surface area contributed by atoms with Crippen LogP contribution in [0.4, 0.5) is 10.2 Å². The molecule has 90 valence electrons. The molecule has 17 heavy (non-hydrogen) atoms. The summed E-state index contributed by atoms with van der Waals surface area (Å²) in [6.45, 7) is 1.95. The van der Waals surface area contributed by atoms with Crippen molar-refractivity contribution in [3.8, 4) is 17.1 Å². The molecule has 1 heterocycles. The summed E-state index contributed by atoms with van der Waals surface area (Å²) in [5.74, 6) is 0.676. The van der Waals surface area contributed by atoms with E-state index in [9.17, 15) is 4.39 Å². The zero-order valence-corrected chi connectivity index (χ0v) is 9.66. The number of nitrogens with zero attached hydrogens (tertiary/aromatic N) is 1. The van der Waals surface area contributed by atoms with E-state index in [1.807, 2.05) is 6.92 Å². The van der Waals surface area contributed by atoms with Crippen molar-refractivity contribution < 1.29 is 13.7 Å². The Bertz CT molecular complexity index is 537. The van der Waals surface area contributed by atoms with Gasteiger partial charge in [0, 0.05) is 11.1 Å². The van der Waals surface area contributed by atoms with Gasteiger partial charge in [0.25, 0.3) is 0 Å². The molecule has 4 nitrogen and oxygen atoms in total. The number of rotatable bonds is 3. The van der Waals surface area contributed by atoms with Crippen LogP contribution in [0.5, 0.6) is 5.75 Å². The molecule has 0 amide bonds. The van der Waals surface area contributed by atoms with E-state index >= 15 is 0 Å². The molecule has 0 saturated carbocycles. The minimum atomic E-state index is -0.415. The van der Waals surface area contributed by atoms with E-state index in [1.165, 1.54) is 13.2 Å². The highest BCUT2D eigenvalue weighted by molar-refractivity contribution is 5.67. The monoisotopic (exact) mass is 236 g/mol. The van der Waals surface area contributed by atoms with E-state index < -0.39 is 5.82 Å². The van der Waals surface area contributed by atoms with E-state index in [0.29, 0.717) is 23.6 Å². The van der Waals surface area contributed by atoms with Crippen molar-refractivity contribution in [1.82, 2.24) is 5.16 Å². The van der Waals surface area contributed by atoms with Gasteiger partial charge in [-0.1, -0.05) is 12.1 Å². The van der Waals surface area contributed by atoms with Crippen LogP contribution in [0.15, 0.2) is 22.7 Å². The fourth-order valence-electron chi connectivity index (χ4n) is 1.69. The molecule has 2 N–H and O–H groups in total. The first kappa shape index (κ1) is 11.4. The van der Waals surface area contributed by atoms with Gasteiger partial charge >= 0.3 is 0 Å². The van der Waals surface area contributed by atoms with Gasteiger partial charge in [0.1, 0.15) is 0 Å². The Morgan fingerprint density at radius 3 is 2.88 bits per heavy atom. The van der Waals surface area contributed by atoms with Crippen molar-refractivity contribution in [2.75, 3.05) is 12.8 Å². The summed E-state index contributed by atoms with van der Waals surface area (Å²) in [5, 5.41) is 3.71. The van der Waals surface area contributed by atoms with E-state index in [2.05, 4.69) is 5.16 Å². The van der Waals surface area contributed by atoms with E-state index in [4.69, 9.17) is 15.0 Å². The topological polar surface area (TPSA) is 61.3 Å². The first-order valence-electron chi connectivity index (χ1n) is 5.25. The number of anilines is 1. The highest BCUT2D eigenvalue weighted by atomic mass is 19.1. The molecule has 0 aliphatic rings. The molecule has 0 spiro atoms. The number of nitrogens with two attached hydrogens (primary N) is 1. The standard InChI is InChI=1S/C12H13FN2O2/c1-3-8-11(17-15-12(8)14)7-4-5-9(13)10(6-7)16-2/h4-6H,3H2,1-2H3,(H2,14,15). The van der Waals surface area contributed by atoms with E-state index in [1.54, 1.807) is 12.1 Å². The van der Waals surface area contributed by atoms with Crippen molar-refractivity contribution in [1.29, 1.82) is 0 Å². The fourth-order valence-corrected chi connectivity index (χ4v) is 1.69. The zero-order valence-electron chi connectivity index (χ0n) is 9.66. The lowest BCUT2D eigenvalue weighted by Crippen LogP contribution is -1.92. The van der Waals surface area contributed by atoms with E-state index in [-0.39, 0.29) is 5.75 Å². The number of ether oxygens (including phenoxy) is 1. The molecule has 0 radical (unpaired) electrons. The Kier molecular flexibility index (Phi) is 2.99. The van der Waals surface area contributed by atoms with Gasteiger partial charge in [0.2, 0.25) is 0 Å². The van der Waals surface area contributed by atoms with E-state index in [0.717, 1.165) is 5.56 Å². The second kappa shape index (κ2) is 4.45. The number of halogens is 1. The molecule has 0 unspecified atom stereocenters. The molecule has 1 aromatic carbocycles. The number of methoxy groups -OCH3 is 1. The smallest absolute Gasteiger partial charge is 0.172 e. The Morgan fingerprint density at radius 2 is 2.24 bits per heavy atom. The molecular weight excluding hydrogens is 223 g/mol. The van der Waals surface area contributed by atoms with Gasteiger partial charge < -0.3 is 15.0 Å². The van der Waals surface area contributed by atoms with Crippen LogP contribution in [0.25, 0.3) is 11.3 Å². The third-order valence-electron chi connectivity index (χ3n) is 2.59. The summed E-state index contributed by atoms with van der Waals surface area (Å²) in [5.41, 5.74) is 7.20. The average Bonchev–Trinajstić information content (AvgIpc) is 2.71. The van der Waals surface area contributed by atoms with Gasteiger partial charge in [-0.2, -0.15) is 0 Å². The number of nitrogen functional groups attached to an aromatic ring is 1. The molecule has 0 aliphatic heterocycles. The molecule has 0 fully saturated rings. The van der Waals surface area contributed by atoms with Gasteiger partial charge in [0.05, 0.1) is 7.11 Å². The van der Waals surface area contributed by atoms with Crippen LogP contribution in [0.2, 0.25) is 0 Å². The number of aromatic nitrogens is 1. The minimum absolute atomic E-state index is 0.166. The molecule has 0 bridgehead atoms. The van der Waals surface area contributed by atoms with Crippen LogP contribution < -0.4 is 10.5 Å². The first-order chi connectivity index (χ1) is 8.17. The zero-order chi connectivity index (χ0) is 12.4. The van der Waals surface area contributed by atoms with Gasteiger partial charge in [0.15, 0.2) is 23.1 Å². The van der Waals surface area contributed by atoms with Crippen LogP contribution in [-0.2, 0) is 6.42 Å². The third kappa shape index (κ3) is 1.95. The Morgan fingerprint density at radius 1 is 1.47 bits per heavy atom. The molecule has 5 heteroatoms. The van der Waals surface area contributed by atoms with Gasteiger partial charge in [-0.25, -0.2) is 4.39 Å². The molecular formula is C12H13FN2O2. The summed E-state index contributed by atoms with van der Waals surface area (Å²) in [4.78, 5) is 0. The van der Waals surface area contributed by atoms with Crippen LogP contribution in [0, 0.1) is 5.82 Å². The van der Waals surface area contributed by atoms with Crippen molar-refractivity contribution in [2.24, 2.45) is 0 Å². The maximum Gasteiger partial charge on any atom is 0.172 e. The van der Waals surface area contributed by atoms with Gasteiger partial charge in [-0.15, -0.1) is 0 Å². The van der Waals surface area contributed by atoms with Crippen molar-refractivity contribution in [3.63, 3.8) is 0 Å². The minimum Gasteiger partial charge on any atom is -0.494 e. The molecule has 1 aromatic heterocycles. The Labute approximate surface area is 98.2 Å². The summed E-state index contributed by atoms with van der Waals surface area (Å²) >= 11 is 0. The predicted octanol–water partition coefficient (Wildman–Crippen LogP) is 2.63. The summed E-state index contributed by atoms with van der Waals surface area (Å²) < 4.78 is 23.4. The van der Waals surface area contributed by atoms with Crippen molar-refractivity contribution >= 4 is 5.82 Å². The molecule has 0 aliphatic carbocycles. The normalized spacial score (nSPS) is 10.5. The molecule has 2 rings (SSSR count). The summed E-state index contributed by atoms with van der Waals surface area (Å²) in [6.07, 6.45) is 0.699. The third-order valence-corrected chi connectivity index (χ3v) is 2.59. The van der Waals surface area contributed by atoms with Gasteiger partial charge in [-0.05, 0) is 24.6 Å². The van der Waals surface area contributed by atoms with Crippen molar-refractivity contribution in [2.45, 2.75) is 13.3 Å². The highest BCUT2D eigenvalue weighted by Crippen LogP contribution is 2.31. The first-order valence-corrected chi connectivity index (χ1v) is 5.25. The maximum absolute atomic E-state index is 13.3. The van der Waals surface area contributed by atoms with Crippen LogP contribution in [0.3, 0.4) is 0 Å². The molecule has 0 saturated heterocycles. The number of hydrogen-bond acceptors (Lipinski definition) is 4. The second-order valence-electron chi connectivity index (χ2n) is 3.58.